The molecule has 4 heteroatoms. The predicted octanol–water partition coefficient (Wildman–Crippen LogP) is 2.62. The molecule has 3 nitrogen and oxygen atoms in total. The lowest BCUT2D eigenvalue weighted by molar-refractivity contribution is 0.441. The normalized spacial score (nSPS) is 20.6. The molecule has 1 N–H and O–H groups in total. The van der Waals surface area contributed by atoms with Crippen LogP contribution in [0.3, 0.4) is 0 Å². The number of hydrogen-bond acceptors (Lipinski definition) is 3. The van der Waals surface area contributed by atoms with Gasteiger partial charge in [-0.3, -0.25) is 4.68 Å². The van der Waals surface area contributed by atoms with E-state index in [0.717, 1.165) is 18.8 Å². The summed E-state index contributed by atoms with van der Waals surface area (Å²) < 4.78 is 2.05. The number of hydrogen-bond donors (Lipinski definition) is 1. The topological polar surface area (TPSA) is 29.9 Å². The fraction of sp³-hybridized carbons (Fsp3) is 0.462. The summed E-state index contributed by atoms with van der Waals surface area (Å²) in [7, 11) is 2.06. The van der Waals surface area contributed by atoms with Crippen molar-refractivity contribution in [3.63, 3.8) is 0 Å². The average molecular weight is 247 g/mol. The second kappa shape index (κ2) is 4.63. The van der Waals surface area contributed by atoms with Crippen molar-refractivity contribution in [1.29, 1.82) is 0 Å². The lowest BCUT2D eigenvalue weighted by Crippen LogP contribution is -2.29. The van der Waals surface area contributed by atoms with Crippen molar-refractivity contribution < 1.29 is 0 Å². The van der Waals surface area contributed by atoms with Crippen LogP contribution in [0.4, 0.5) is 0 Å². The highest BCUT2D eigenvalue weighted by Crippen LogP contribution is 2.29. The van der Waals surface area contributed by atoms with Crippen molar-refractivity contribution in [1.82, 2.24) is 15.1 Å². The Balaban J connectivity index is 1.90. The molecule has 0 aromatic carbocycles. The van der Waals surface area contributed by atoms with Gasteiger partial charge in [0.05, 0.1) is 4.88 Å². The summed E-state index contributed by atoms with van der Waals surface area (Å²) >= 11 is 1.75. The van der Waals surface area contributed by atoms with Crippen LogP contribution in [0, 0.1) is 0 Å². The third kappa shape index (κ3) is 2.15. The first-order valence-electron chi connectivity index (χ1n) is 6.13. The van der Waals surface area contributed by atoms with E-state index >= 15 is 0 Å². The summed E-state index contributed by atoms with van der Waals surface area (Å²) in [6.45, 7) is 2.25. The molecule has 0 saturated carbocycles. The van der Waals surface area contributed by atoms with Gasteiger partial charge in [0.1, 0.15) is 5.69 Å². The van der Waals surface area contributed by atoms with Gasteiger partial charge in [0, 0.05) is 25.2 Å². The zero-order chi connectivity index (χ0) is 11.7. The Hall–Kier alpha value is -1.13. The van der Waals surface area contributed by atoms with Crippen LogP contribution in [0.15, 0.2) is 23.6 Å². The molecule has 1 fully saturated rings. The van der Waals surface area contributed by atoms with Crippen LogP contribution in [-0.2, 0) is 7.05 Å². The molecule has 1 saturated heterocycles. The molecule has 0 radical (unpaired) electrons. The van der Waals surface area contributed by atoms with E-state index in [1.165, 1.54) is 23.4 Å². The Labute approximate surface area is 105 Å². The van der Waals surface area contributed by atoms with E-state index in [4.69, 9.17) is 0 Å². The first-order valence-corrected chi connectivity index (χ1v) is 7.01. The van der Waals surface area contributed by atoms with Crippen molar-refractivity contribution in [3.8, 4) is 10.6 Å². The van der Waals surface area contributed by atoms with Crippen LogP contribution in [0.1, 0.15) is 24.5 Å². The van der Waals surface area contributed by atoms with E-state index < -0.39 is 0 Å². The zero-order valence-corrected chi connectivity index (χ0v) is 10.8. The molecular formula is C13H17N3S. The van der Waals surface area contributed by atoms with Crippen molar-refractivity contribution in [2.75, 3.05) is 13.1 Å². The molecule has 1 unspecified atom stereocenters. The third-order valence-corrected chi connectivity index (χ3v) is 4.30. The molecule has 0 spiro atoms. The Bertz CT molecular complexity index is 481. The molecule has 1 aliphatic rings. The zero-order valence-electron chi connectivity index (χ0n) is 10.0. The maximum absolute atomic E-state index is 4.63. The number of aromatic nitrogens is 2. The van der Waals surface area contributed by atoms with E-state index in [1.807, 2.05) is 4.68 Å². The fourth-order valence-electron chi connectivity index (χ4n) is 2.51. The van der Waals surface area contributed by atoms with E-state index in [2.05, 4.69) is 41.0 Å². The Morgan fingerprint density at radius 3 is 3.18 bits per heavy atom. The van der Waals surface area contributed by atoms with Gasteiger partial charge in [-0.2, -0.15) is 5.10 Å². The molecular weight excluding hydrogens is 230 g/mol. The number of nitrogens with one attached hydrogen (secondary N) is 1. The van der Waals surface area contributed by atoms with E-state index in [-0.39, 0.29) is 0 Å². The van der Waals surface area contributed by atoms with Gasteiger partial charge >= 0.3 is 0 Å². The van der Waals surface area contributed by atoms with E-state index in [1.54, 1.807) is 11.3 Å². The van der Waals surface area contributed by atoms with E-state index in [9.17, 15) is 0 Å². The second-order valence-electron chi connectivity index (χ2n) is 4.60. The highest BCUT2D eigenvalue weighted by Gasteiger charge is 2.19. The maximum Gasteiger partial charge on any atom is 0.103 e. The molecule has 2 aromatic heterocycles. The summed E-state index contributed by atoms with van der Waals surface area (Å²) in [4.78, 5) is 1.26. The Morgan fingerprint density at radius 2 is 2.47 bits per heavy atom. The van der Waals surface area contributed by atoms with Gasteiger partial charge in [0.15, 0.2) is 0 Å². The minimum atomic E-state index is 0.620. The molecule has 17 heavy (non-hydrogen) atoms. The quantitative estimate of drug-likeness (QED) is 0.884. The van der Waals surface area contributed by atoms with E-state index in [0.29, 0.717) is 5.92 Å². The lowest BCUT2D eigenvalue weighted by Gasteiger charge is -2.22. The molecule has 1 aliphatic heterocycles. The van der Waals surface area contributed by atoms with Crippen LogP contribution in [0.5, 0.6) is 0 Å². The fourth-order valence-corrected chi connectivity index (χ4v) is 3.19. The summed E-state index contributed by atoms with van der Waals surface area (Å²) in [5, 5.41) is 10.2. The highest BCUT2D eigenvalue weighted by molar-refractivity contribution is 7.13. The average Bonchev–Trinajstić information content (AvgIpc) is 2.99. The third-order valence-electron chi connectivity index (χ3n) is 3.40. The van der Waals surface area contributed by atoms with Crippen molar-refractivity contribution in [3.05, 3.63) is 29.3 Å². The first-order chi connectivity index (χ1) is 8.34. The molecule has 90 valence electrons. The molecule has 1 atom stereocenters. The smallest absolute Gasteiger partial charge is 0.103 e. The SMILES string of the molecule is Cn1nc(-c2cccs2)cc1C1CCCNC1. The van der Waals surface area contributed by atoms with Gasteiger partial charge in [-0.25, -0.2) is 0 Å². The monoisotopic (exact) mass is 247 g/mol. The number of piperidine rings is 1. The van der Waals surface area contributed by atoms with Gasteiger partial charge in [-0.1, -0.05) is 6.07 Å². The summed E-state index contributed by atoms with van der Waals surface area (Å²) in [6, 6.07) is 6.47. The minimum Gasteiger partial charge on any atom is -0.316 e. The second-order valence-corrected chi connectivity index (χ2v) is 5.55. The minimum absolute atomic E-state index is 0.620. The van der Waals surface area contributed by atoms with Crippen molar-refractivity contribution >= 4 is 11.3 Å². The van der Waals surface area contributed by atoms with Gasteiger partial charge in [-0.05, 0) is 36.9 Å². The number of rotatable bonds is 2. The highest BCUT2D eigenvalue weighted by atomic mass is 32.1. The predicted molar refractivity (Wildman–Crippen MR) is 71.4 cm³/mol. The van der Waals surface area contributed by atoms with Gasteiger partial charge in [0.2, 0.25) is 0 Å². The van der Waals surface area contributed by atoms with Crippen LogP contribution in [-0.4, -0.2) is 22.9 Å². The maximum atomic E-state index is 4.63. The van der Waals surface area contributed by atoms with Gasteiger partial charge < -0.3 is 5.32 Å². The van der Waals surface area contributed by atoms with Crippen LogP contribution >= 0.6 is 11.3 Å². The van der Waals surface area contributed by atoms with Crippen LogP contribution in [0.2, 0.25) is 0 Å². The summed E-state index contributed by atoms with van der Waals surface area (Å²) in [5.41, 5.74) is 2.48. The number of thiophene rings is 1. The number of aryl methyl sites for hydroxylation is 1. The van der Waals surface area contributed by atoms with Crippen LogP contribution < -0.4 is 5.32 Å². The van der Waals surface area contributed by atoms with Crippen molar-refractivity contribution in [2.45, 2.75) is 18.8 Å². The molecule has 0 aliphatic carbocycles. The first kappa shape index (κ1) is 11.0. The van der Waals surface area contributed by atoms with Gasteiger partial charge in [0.25, 0.3) is 0 Å². The largest absolute Gasteiger partial charge is 0.316 e. The molecule has 3 heterocycles. The molecule has 3 rings (SSSR count). The molecule has 0 bridgehead atoms. The lowest BCUT2D eigenvalue weighted by atomic mass is 9.96. The standard InChI is InChI=1S/C13H17N3S/c1-16-12(10-4-2-6-14-9-10)8-11(15-16)13-5-3-7-17-13/h3,5,7-8,10,14H,2,4,6,9H2,1H3. The number of nitrogens with zero attached hydrogens (tertiary/aromatic N) is 2. The van der Waals surface area contributed by atoms with Gasteiger partial charge in [-0.15, -0.1) is 11.3 Å². The summed E-state index contributed by atoms with van der Waals surface area (Å²) in [5.74, 6) is 0.620. The Morgan fingerprint density at radius 1 is 1.53 bits per heavy atom. The summed E-state index contributed by atoms with van der Waals surface area (Å²) in [6.07, 6.45) is 2.54. The Kier molecular flexibility index (Phi) is 2.99. The van der Waals surface area contributed by atoms with Crippen LogP contribution in [0.25, 0.3) is 10.6 Å². The molecule has 0 amide bonds. The molecule has 2 aromatic rings. The van der Waals surface area contributed by atoms with Crippen molar-refractivity contribution in [2.24, 2.45) is 7.05 Å².